The highest BCUT2D eigenvalue weighted by atomic mass is 32.2. The number of carbonyl (C=O) groups excluding carboxylic acids is 1. The fourth-order valence-corrected chi connectivity index (χ4v) is 5.33. The van der Waals surface area contributed by atoms with Crippen LogP contribution in [0.4, 0.5) is 11.4 Å². The lowest BCUT2D eigenvalue weighted by Crippen LogP contribution is -2.35. The number of pyridine rings is 1. The molecular weight excluding hydrogens is 594 g/mol. The number of morpholine rings is 1. The van der Waals surface area contributed by atoms with Crippen LogP contribution in [0.3, 0.4) is 0 Å². The van der Waals surface area contributed by atoms with Gasteiger partial charge in [-0.2, -0.15) is 0 Å². The molecule has 13 heteroatoms. The van der Waals surface area contributed by atoms with Crippen molar-refractivity contribution in [2.24, 2.45) is 0 Å². The zero-order valence-electron chi connectivity index (χ0n) is 26.4. The minimum atomic E-state index is -2.54. The number of hydrogen-bond donors (Lipinski definition) is 1. The number of ether oxygens (including phenoxy) is 2. The minimum Gasteiger partial charge on any atom is -0.755 e. The molecule has 1 amide bonds. The van der Waals surface area contributed by atoms with E-state index in [1.807, 2.05) is 52.1 Å². The number of rotatable bonds is 9. The summed E-state index contributed by atoms with van der Waals surface area (Å²) in [4.78, 5) is 20.5. The summed E-state index contributed by atoms with van der Waals surface area (Å²) < 4.78 is 37.4. The van der Waals surface area contributed by atoms with Crippen LogP contribution >= 0.6 is 0 Å². The standard InChI is InChI=1S/C32H39N7O5S/c1-21-7-8-22(31(40)34-26-16-24(32(2,3)4)17-29(30(26)43-6)37(5)45(41)42)15-28(21)39-20-27(35-36-39)23-9-10-25(33-18-23)19-38-11-13-44-14-12-38/h7-10,15-18,20H,11-14,19H2,1-6H3,(H,34,40)(H,41,42)/p-1. The highest BCUT2D eigenvalue weighted by Crippen LogP contribution is 2.41. The van der Waals surface area contributed by atoms with E-state index in [1.54, 1.807) is 35.1 Å². The van der Waals surface area contributed by atoms with Crippen LogP contribution in [0, 0.1) is 6.92 Å². The van der Waals surface area contributed by atoms with E-state index in [9.17, 15) is 13.6 Å². The molecule has 12 nitrogen and oxygen atoms in total. The summed E-state index contributed by atoms with van der Waals surface area (Å²) in [6, 6.07) is 12.9. The topological polar surface area (TPSA) is 138 Å². The van der Waals surface area contributed by atoms with Crippen molar-refractivity contribution < 1.29 is 23.0 Å². The van der Waals surface area contributed by atoms with Crippen molar-refractivity contribution in [3.05, 3.63) is 77.2 Å². The van der Waals surface area contributed by atoms with Crippen LogP contribution in [0.15, 0.2) is 54.9 Å². The Labute approximate surface area is 265 Å². The van der Waals surface area contributed by atoms with Crippen molar-refractivity contribution in [1.29, 1.82) is 0 Å². The molecule has 4 aromatic rings. The monoisotopic (exact) mass is 632 g/mol. The van der Waals surface area contributed by atoms with Gasteiger partial charge in [-0.15, -0.1) is 5.10 Å². The highest BCUT2D eigenvalue weighted by molar-refractivity contribution is 7.80. The molecule has 45 heavy (non-hydrogen) atoms. The number of amides is 1. The molecule has 3 heterocycles. The van der Waals surface area contributed by atoms with E-state index in [0.717, 1.165) is 59.5 Å². The molecule has 1 fully saturated rings. The Hall–Kier alpha value is -4.17. The van der Waals surface area contributed by atoms with Gasteiger partial charge in [0.25, 0.3) is 5.91 Å². The molecule has 0 saturated carbocycles. The average molecular weight is 633 g/mol. The van der Waals surface area contributed by atoms with Crippen molar-refractivity contribution in [3.8, 4) is 22.7 Å². The molecule has 0 bridgehead atoms. The van der Waals surface area contributed by atoms with Crippen molar-refractivity contribution in [2.45, 2.75) is 39.7 Å². The van der Waals surface area contributed by atoms with Gasteiger partial charge in [0.1, 0.15) is 5.69 Å². The molecule has 1 atom stereocenters. The molecule has 238 valence electrons. The second-order valence-electron chi connectivity index (χ2n) is 12.0. The van der Waals surface area contributed by atoms with Gasteiger partial charge in [-0.1, -0.05) is 32.1 Å². The second kappa shape index (κ2) is 13.4. The smallest absolute Gasteiger partial charge is 0.255 e. The third-order valence-electron chi connectivity index (χ3n) is 7.77. The number of anilines is 2. The summed E-state index contributed by atoms with van der Waals surface area (Å²) in [7, 11) is 2.86. The molecule has 1 aliphatic heterocycles. The first kappa shape index (κ1) is 32.2. The number of hydrogen-bond acceptors (Lipinski definition) is 9. The predicted molar refractivity (Wildman–Crippen MR) is 172 cm³/mol. The van der Waals surface area contributed by atoms with Gasteiger partial charge in [-0.05, 0) is 59.9 Å². The fraction of sp³-hybridized carbons (Fsp3) is 0.375. The molecule has 1 unspecified atom stereocenters. The maximum Gasteiger partial charge on any atom is 0.255 e. The van der Waals surface area contributed by atoms with E-state index < -0.39 is 17.2 Å². The average Bonchev–Trinajstić information content (AvgIpc) is 3.51. The van der Waals surface area contributed by atoms with Gasteiger partial charge in [-0.25, -0.2) is 4.68 Å². The first-order valence-electron chi connectivity index (χ1n) is 14.6. The third kappa shape index (κ3) is 7.39. The maximum absolute atomic E-state index is 13.6. The summed E-state index contributed by atoms with van der Waals surface area (Å²) in [5, 5.41) is 11.6. The van der Waals surface area contributed by atoms with Crippen LogP contribution in [-0.4, -0.2) is 80.0 Å². The quantitative estimate of drug-likeness (QED) is 0.268. The number of carbonyl (C=O) groups is 1. The summed E-state index contributed by atoms with van der Waals surface area (Å²) in [6.45, 7) is 12.0. The van der Waals surface area contributed by atoms with Crippen molar-refractivity contribution in [2.75, 3.05) is 50.1 Å². The van der Waals surface area contributed by atoms with Gasteiger partial charge in [0.05, 0.1) is 49.3 Å². The zero-order valence-corrected chi connectivity index (χ0v) is 27.2. The molecule has 2 aromatic carbocycles. The summed E-state index contributed by atoms with van der Waals surface area (Å²) in [5.41, 5.74) is 5.62. The van der Waals surface area contributed by atoms with Crippen molar-refractivity contribution in [1.82, 2.24) is 24.9 Å². The lowest BCUT2D eigenvalue weighted by Gasteiger charge is -2.28. The third-order valence-corrected chi connectivity index (χ3v) is 8.42. The van der Waals surface area contributed by atoms with Gasteiger partial charge in [-0.3, -0.25) is 18.9 Å². The van der Waals surface area contributed by atoms with E-state index in [4.69, 9.17) is 9.47 Å². The first-order valence-corrected chi connectivity index (χ1v) is 15.6. The summed E-state index contributed by atoms with van der Waals surface area (Å²) in [6.07, 6.45) is 3.61. The number of benzene rings is 2. The lowest BCUT2D eigenvalue weighted by atomic mass is 9.86. The van der Waals surface area contributed by atoms with E-state index in [0.29, 0.717) is 28.3 Å². The molecule has 1 saturated heterocycles. The van der Waals surface area contributed by atoms with E-state index in [-0.39, 0.29) is 11.2 Å². The van der Waals surface area contributed by atoms with Crippen molar-refractivity contribution in [3.63, 3.8) is 0 Å². The normalized spacial score (nSPS) is 14.6. The van der Waals surface area contributed by atoms with E-state index in [2.05, 4.69) is 25.5 Å². The summed E-state index contributed by atoms with van der Waals surface area (Å²) >= 11 is -2.54. The van der Waals surface area contributed by atoms with Crippen LogP contribution in [0.25, 0.3) is 16.9 Å². The highest BCUT2D eigenvalue weighted by Gasteiger charge is 2.23. The molecule has 1 aliphatic rings. The predicted octanol–water partition coefficient (Wildman–Crippen LogP) is 4.26. The van der Waals surface area contributed by atoms with Crippen LogP contribution in [0.5, 0.6) is 5.75 Å². The molecule has 0 spiro atoms. The largest absolute Gasteiger partial charge is 0.755 e. The first-order chi connectivity index (χ1) is 21.4. The fourth-order valence-electron chi connectivity index (χ4n) is 5.03. The number of methoxy groups -OCH3 is 1. The van der Waals surface area contributed by atoms with Crippen molar-refractivity contribution >= 4 is 28.5 Å². The maximum atomic E-state index is 13.6. The number of nitrogens with one attached hydrogen (secondary N) is 1. The minimum absolute atomic E-state index is 0.237. The van der Waals surface area contributed by atoms with Crippen LogP contribution < -0.4 is 14.4 Å². The molecule has 0 radical (unpaired) electrons. The molecule has 2 aromatic heterocycles. The van der Waals surface area contributed by atoms with Gasteiger partial charge in [0.2, 0.25) is 0 Å². The number of nitrogens with zero attached hydrogens (tertiary/aromatic N) is 6. The van der Waals surface area contributed by atoms with Gasteiger partial charge < -0.3 is 23.6 Å². The Bertz CT molecular complexity index is 1700. The SMILES string of the molecule is COc1c(NC(=O)c2ccc(C)c(-n3cc(-c4ccc(CN5CCOCC5)nc4)nn3)c2)cc(C(C)(C)C)cc1N(C)S(=O)[O-]. The zero-order chi connectivity index (χ0) is 32.3. The number of aryl methyl sites for hydroxylation is 1. The second-order valence-corrected chi connectivity index (χ2v) is 13.0. The van der Waals surface area contributed by atoms with E-state index >= 15 is 0 Å². The van der Waals surface area contributed by atoms with Gasteiger partial charge >= 0.3 is 0 Å². The Morgan fingerprint density at radius 1 is 1.16 bits per heavy atom. The van der Waals surface area contributed by atoms with Gasteiger partial charge in [0, 0.05) is 55.3 Å². The molecule has 1 N–H and O–H groups in total. The molecular formula is C32H38N7O5S-. The Kier molecular flexibility index (Phi) is 9.63. The van der Waals surface area contributed by atoms with E-state index in [1.165, 1.54) is 14.2 Å². The van der Waals surface area contributed by atoms with Crippen LogP contribution in [0.1, 0.15) is 48.0 Å². The summed E-state index contributed by atoms with van der Waals surface area (Å²) in [5.74, 6) is -0.154. The Balaban J connectivity index is 1.39. The van der Waals surface area contributed by atoms with Gasteiger partial charge in [0.15, 0.2) is 5.75 Å². The lowest BCUT2D eigenvalue weighted by molar-refractivity contribution is 0.0336. The Morgan fingerprint density at radius 3 is 2.56 bits per heavy atom. The number of aromatic nitrogens is 4. The molecule has 5 rings (SSSR count). The Morgan fingerprint density at radius 2 is 1.91 bits per heavy atom. The van der Waals surface area contributed by atoms with Crippen LogP contribution in [-0.2, 0) is 28.0 Å². The molecule has 0 aliphatic carbocycles. The van der Waals surface area contributed by atoms with Crippen LogP contribution in [0.2, 0.25) is 0 Å².